The van der Waals surface area contributed by atoms with Crippen LogP contribution in [0.5, 0.6) is 0 Å². The van der Waals surface area contributed by atoms with Gasteiger partial charge in [-0.3, -0.25) is 13.8 Å². The van der Waals surface area contributed by atoms with Gasteiger partial charge in [-0.1, -0.05) is 30.3 Å². The Morgan fingerprint density at radius 3 is 2.62 bits per heavy atom. The molecule has 6 rings (SSSR count). The van der Waals surface area contributed by atoms with E-state index >= 15 is 0 Å². The number of aryl methyl sites for hydroxylation is 2. The summed E-state index contributed by atoms with van der Waals surface area (Å²) in [6, 6.07) is 18.8. The van der Waals surface area contributed by atoms with Crippen molar-refractivity contribution in [2.45, 2.75) is 13.5 Å². The number of ether oxygens (including phenoxy) is 1. The van der Waals surface area contributed by atoms with E-state index in [4.69, 9.17) is 4.74 Å². The van der Waals surface area contributed by atoms with Crippen LogP contribution >= 0.6 is 11.3 Å². The van der Waals surface area contributed by atoms with Crippen molar-refractivity contribution in [3.63, 3.8) is 0 Å². The van der Waals surface area contributed by atoms with Crippen molar-refractivity contribution in [2.75, 3.05) is 0 Å². The standard InChI is InChI=1S/C24H18N6O3S/c1-14-17-12-19(34-22(17)30(27-14)15-8-4-3-5-9-15)23(32)33-13-20-25-26-24-28(2)21(31)16-10-6-7-11-18(16)29(20)24/h3-12H,13H2,1-2H3. The number of carbonyl (C=O) groups is 1. The van der Waals surface area contributed by atoms with Crippen molar-refractivity contribution in [1.82, 2.24) is 28.9 Å². The molecule has 0 atom stereocenters. The van der Waals surface area contributed by atoms with Crippen LogP contribution in [0.15, 0.2) is 65.5 Å². The molecule has 0 unspecified atom stereocenters. The molecule has 2 aromatic carbocycles. The Kier molecular flexibility index (Phi) is 4.56. The molecule has 0 radical (unpaired) electrons. The summed E-state index contributed by atoms with van der Waals surface area (Å²) in [5.74, 6) is 0.365. The molecular formula is C24H18N6O3S. The second-order valence-electron chi connectivity index (χ2n) is 7.87. The molecule has 0 N–H and O–H groups in total. The van der Waals surface area contributed by atoms with E-state index in [2.05, 4.69) is 15.3 Å². The van der Waals surface area contributed by atoms with Crippen molar-refractivity contribution < 1.29 is 9.53 Å². The normalized spacial score (nSPS) is 11.6. The van der Waals surface area contributed by atoms with Crippen LogP contribution in [0.25, 0.3) is 32.6 Å². The number of rotatable bonds is 4. The van der Waals surface area contributed by atoms with Gasteiger partial charge in [-0.2, -0.15) is 5.10 Å². The van der Waals surface area contributed by atoms with Gasteiger partial charge < -0.3 is 4.74 Å². The zero-order chi connectivity index (χ0) is 23.4. The van der Waals surface area contributed by atoms with E-state index in [1.54, 1.807) is 23.6 Å². The zero-order valence-electron chi connectivity index (χ0n) is 18.3. The summed E-state index contributed by atoms with van der Waals surface area (Å²) >= 11 is 1.33. The number of aromatic nitrogens is 6. The first-order chi connectivity index (χ1) is 16.5. The Labute approximate surface area is 196 Å². The van der Waals surface area contributed by atoms with E-state index in [0.717, 1.165) is 21.6 Å². The van der Waals surface area contributed by atoms with Gasteiger partial charge >= 0.3 is 5.97 Å². The Morgan fingerprint density at radius 2 is 1.79 bits per heavy atom. The van der Waals surface area contributed by atoms with Crippen LogP contribution in [0.3, 0.4) is 0 Å². The average Bonchev–Trinajstić information content (AvgIpc) is 3.57. The molecule has 0 aliphatic heterocycles. The van der Waals surface area contributed by atoms with Gasteiger partial charge in [-0.05, 0) is 37.3 Å². The molecule has 0 amide bonds. The number of hydrogen-bond acceptors (Lipinski definition) is 7. The lowest BCUT2D eigenvalue weighted by Crippen LogP contribution is -2.20. The third kappa shape index (κ3) is 3.03. The van der Waals surface area contributed by atoms with Gasteiger partial charge in [-0.15, -0.1) is 21.5 Å². The largest absolute Gasteiger partial charge is 0.453 e. The molecule has 6 aromatic rings. The summed E-state index contributed by atoms with van der Waals surface area (Å²) < 4.78 is 10.6. The van der Waals surface area contributed by atoms with Crippen LogP contribution in [-0.4, -0.2) is 34.9 Å². The molecule has 10 heteroatoms. The number of para-hydroxylation sites is 2. The SMILES string of the molecule is Cc1nn(-c2ccccc2)c2sc(C(=O)OCc3nnc4n(C)c(=O)c5ccccc5n34)cc12. The van der Waals surface area contributed by atoms with Crippen molar-refractivity contribution >= 4 is 44.2 Å². The molecule has 0 aliphatic carbocycles. The molecule has 4 aromatic heterocycles. The molecule has 34 heavy (non-hydrogen) atoms. The molecule has 0 bridgehead atoms. The lowest BCUT2D eigenvalue weighted by atomic mass is 10.2. The smallest absolute Gasteiger partial charge is 0.348 e. The summed E-state index contributed by atoms with van der Waals surface area (Å²) in [5, 5.41) is 14.4. The molecule has 0 fully saturated rings. The number of esters is 1. The fraction of sp³-hybridized carbons (Fsp3) is 0.125. The summed E-state index contributed by atoms with van der Waals surface area (Å²) in [6.45, 7) is 1.83. The van der Waals surface area contributed by atoms with Gasteiger partial charge in [-0.25, -0.2) is 9.48 Å². The minimum absolute atomic E-state index is 0.0831. The Morgan fingerprint density at radius 1 is 1.03 bits per heavy atom. The van der Waals surface area contributed by atoms with Gasteiger partial charge in [0.15, 0.2) is 12.4 Å². The molecular weight excluding hydrogens is 452 g/mol. The Balaban J connectivity index is 1.34. The van der Waals surface area contributed by atoms with E-state index in [9.17, 15) is 9.59 Å². The minimum atomic E-state index is -0.453. The van der Waals surface area contributed by atoms with Crippen molar-refractivity contribution in [1.29, 1.82) is 0 Å². The zero-order valence-corrected chi connectivity index (χ0v) is 19.1. The van der Waals surface area contributed by atoms with E-state index in [1.807, 2.05) is 60.1 Å². The third-order valence-corrected chi connectivity index (χ3v) is 6.86. The van der Waals surface area contributed by atoms with Gasteiger partial charge in [0.25, 0.3) is 5.56 Å². The summed E-state index contributed by atoms with van der Waals surface area (Å²) in [7, 11) is 1.64. The summed E-state index contributed by atoms with van der Waals surface area (Å²) in [5.41, 5.74) is 2.27. The topological polar surface area (TPSA) is 96.3 Å². The fourth-order valence-electron chi connectivity index (χ4n) is 4.08. The molecule has 0 spiro atoms. The number of nitrogens with zero attached hydrogens (tertiary/aromatic N) is 6. The van der Waals surface area contributed by atoms with Crippen LogP contribution in [0.2, 0.25) is 0 Å². The highest BCUT2D eigenvalue weighted by atomic mass is 32.1. The first kappa shape index (κ1) is 20.3. The first-order valence-corrected chi connectivity index (χ1v) is 11.4. The maximum atomic E-state index is 12.9. The number of fused-ring (bicyclic) bond motifs is 4. The van der Waals surface area contributed by atoms with E-state index in [1.165, 1.54) is 15.9 Å². The van der Waals surface area contributed by atoms with Crippen LogP contribution < -0.4 is 5.56 Å². The average molecular weight is 471 g/mol. The lowest BCUT2D eigenvalue weighted by molar-refractivity contribution is 0.0467. The molecule has 4 heterocycles. The minimum Gasteiger partial charge on any atom is -0.453 e. The van der Waals surface area contributed by atoms with Gasteiger partial charge in [0.2, 0.25) is 5.78 Å². The fourth-order valence-corrected chi connectivity index (χ4v) is 5.16. The van der Waals surface area contributed by atoms with Crippen LogP contribution in [0.4, 0.5) is 0 Å². The molecule has 168 valence electrons. The Bertz CT molecular complexity index is 1780. The van der Waals surface area contributed by atoms with E-state index in [-0.39, 0.29) is 12.2 Å². The molecule has 0 aliphatic rings. The van der Waals surface area contributed by atoms with Crippen LogP contribution in [0.1, 0.15) is 21.2 Å². The van der Waals surface area contributed by atoms with Gasteiger partial charge in [0.1, 0.15) is 9.71 Å². The van der Waals surface area contributed by atoms with Crippen molar-refractivity contribution in [2.24, 2.45) is 7.05 Å². The predicted octanol–water partition coefficient (Wildman–Crippen LogP) is 3.65. The van der Waals surface area contributed by atoms with Gasteiger partial charge in [0, 0.05) is 12.4 Å². The lowest BCUT2D eigenvalue weighted by Gasteiger charge is -2.08. The van der Waals surface area contributed by atoms with Gasteiger partial charge in [0.05, 0.1) is 22.3 Å². The maximum Gasteiger partial charge on any atom is 0.348 e. The number of hydrogen-bond donors (Lipinski definition) is 0. The predicted molar refractivity (Wildman–Crippen MR) is 129 cm³/mol. The number of thiophene rings is 1. The second-order valence-corrected chi connectivity index (χ2v) is 8.90. The molecule has 0 saturated heterocycles. The quantitative estimate of drug-likeness (QED) is 0.365. The highest BCUT2D eigenvalue weighted by Crippen LogP contribution is 2.31. The molecule has 0 saturated carbocycles. The highest BCUT2D eigenvalue weighted by Gasteiger charge is 2.20. The second kappa shape index (κ2) is 7.63. The van der Waals surface area contributed by atoms with E-state index < -0.39 is 5.97 Å². The summed E-state index contributed by atoms with van der Waals surface area (Å²) in [6.07, 6.45) is 0. The highest BCUT2D eigenvalue weighted by molar-refractivity contribution is 7.20. The van der Waals surface area contributed by atoms with Crippen molar-refractivity contribution in [3.8, 4) is 5.69 Å². The monoisotopic (exact) mass is 470 g/mol. The summed E-state index contributed by atoms with van der Waals surface area (Å²) in [4.78, 5) is 26.9. The van der Waals surface area contributed by atoms with Crippen molar-refractivity contribution in [3.05, 3.63) is 87.4 Å². The third-order valence-electron chi connectivity index (χ3n) is 5.77. The Hall–Kier alpha value is -4.31. The first-order valence-electron chi connectivity index (χ1n) is 10.6. The number of benzene rings is 2. The van der Waals surface area contributed by atoms with E-state index in [0.29, 0.717) is 27.4 Å². The number of carbonyl (C=O) groups excluding carboxylic acids is 1. The van der Waals surface area contributed by atoms with Crippen LogP contribution in [-0.2, 0) is 18.4 Å². The maximum absolute atomic E-state index is 12.9. The van der Waals surface area contributed by atoms with Crippen LogP contribution in [0, 0.1) is 6.92 Å². The molecule has 9 nitrogen and oxygen atoms in total.